The molecule has 0 aromatic carbocycles. The number of morpholine rings is 1. The fourth-order valence-corrected chi connectivity index (χ4v) is 4.83. The SMILES string of the molecule is Cc1noc(C)c1S(=O)(=O)N[C@H]1C[C@H]2CO[C@@H](C)CN2C1. The van der Waals surface area contributed by atoms with E-state index < -0.39 is 10.0 Å². The summed E-state index contributed by atoms with van der Waals surface area (Å²) in [5.41, 5.74) is 0.396. The van der Waals surface area contributed by atoms with E-state index in [1.54, 1.807) is 13.8 Å². The van der Waals surface area contributed by atoms with Crippen LogP contribution in [0.4, 0.5) is 0 Å². The lowest BCUT2D eigenvalue weighted by atomic mass is 10.2. The topological polar surface area (TPSA) is 84.7 Å². The van der Waals surface area contributed by atoms with Crippen LogP contribution in [-0.2, 0) is 14.8 Å². The van der Waals surface area contributed by atoms with Crippen LogP contribution in [0.25, 0.3) is 0 Å². The van der Waals surface area contributed by atoms with Gasteiger partial charge in [-0.15, -0.1) is 0 Å². The minimum absolute atomic E-state index is 0.0948. The lowest BCUT2D eigenvalue weighted by molar-refractivity contribution is -0.0390. The van der Waals surface area contributed by atoms with Gasteiger partial charge >= 0.3 is 0 Å². The van der Waals surface area contributed by atoms with Crippen LogP contribution in [0.15, 0.2) is 9.42 Å². The van der Waals surface area contributed by atoms with Crippen molar-refractivity contribution in [2.24, 2.45) is 0 Å². The largest absolute Gasteiger partial charge is 0.376 e. The van der Waals surface area contributed by atoms with Gasteiger partial charge < -0.3 is 9.26 Å². The first kappa shape index (κ1) is 15.0. The minimum atomic E-state index is -3.59. The predicted molar refractivity (Wildman–Crippen MR) is 75.5 cm³/mol. The number of hydrogen-bond acceptors (Lipinski definition) is 6. The standard InChI is InChI=1S/C13H21N3O4S/c1-8-5-16-6-11(4-12(16)7-19-8)15-21(17,18)13-9(2)14-20-10(13)3/h8,11-12,15H,4-7H2,1-3H3/t8-,11-,12-/m0/s1. The zero-order chi connectivity index (χ0) is 15.2. The Hall–Kier alpha value is -0.960. The zero-order valence-electron chi connectivity index (χ0n) is 12.5. The van der Waals surface area contributed by atoms with Crippen LogP contribution in [0, 0.1) is 13.8 Å². The van der Waals surface area contributed by atoms with Crippen LogP contribution in [0.1, 0.15) is 24.8 Å². The number of hydrogen-bond donors (Lipinski definition) is 1. The number of ether oxygens (including phenoxy) is 1. The van der Waals surface area contributed by atoms with Gasteiger partial charge in [0.25, 0.3) is 0 Å². The molecule has 1 aromatic rings. The molecule has 0 unspecified atom stereocenters. The van der Waals surface area contributed by atoms with Crippen molar-refractivity contribution in [1.82, 2.24) is 14.8 Å². The Morgan fingerprint density at radius 1 is 1.33 bits per heavy atom. The van der Waals surface area contributed by atoms with Gasteiger partial charge in [0.05, 0.1) is 12.7 Å². The molecule has 2 aliphatic heterocycles. The third-order valence-electron chi connectivity index (χ3n) is 4.15. The molecular formula is C13H21N3O4S. The molecule has 21 heavy (non-hydrogen) atoms. The van der Waals surface area contributed by atoms with Crippen LogP contribution in [0.3, 0.4) is 0 Å². The van der Waals surface area contributed by atoms with Crippen molar-refractivity contribution in [2.75, 3.05) is 19.7 Å². The third kappa shape index (κ3) is 2.85. The van der Waals surface area contributed by atoms with E-state index in [9.17, 15) is 8.42 Å². The molecule has 3 rings (SSSR count). The molecule has 3 heterocycles. The van der Waals surface area contributed by atoms with Gasteiger partial charge in [-0.25, -0.2) is 13.1 Å². The second kappa shape index (κ2) is 5.35. The molecule has 2 saturated heterocycles. The van der Waals surface area contributed by atoms with Gasteiger partial charge in [0.1, 0.15) is 10.6 Å². The lowest BCUT2D eigenvalue weighted by Crippen LogP contribution is -2.45. The maximum atomic E-state index is 12.5. The molecule has 1 aromatic heterocycles. The van der Waals surface area contributed by atoms with E-state index in [1.165, 1.54) is 0 Å². The smallest absolute Gasteiger partial charge is 0.246 e. The number of aryl methyl sites for hydroxylation is 2. The number of nitrogens with one attached hydrogen (secondary N) is 1. The first-order valence-electron chi connectivity index (χ1n) is 7.17. The minimum Gasteiger partial charge on any atom is -0.376 e. The highest BCUT2D eigenvalue weighted by molar-refractivity contribution is 7.89. The van der Waals surface area contributed by atoms with Crippen molar-refractivity contribution in [3.05, 3.63) is 11.5 Å². The second-order valence-electron chi connectivity index (χ2n) is 5.96. The van der Waals surface area contributed by atoms with Crippen molar-refractivity contribution < 1.29 is 17.7 Å². The van der Waals surface area contributed by atoms with Crippen LogP contribution >= 0.6 is 0 Å². The summed E-state index contributed by atoms with van der Waals surface area (Å²) in [6.07, 6.45) is 0.981. The first-order valence-corrected chi connectivity index (χ1v) is 8.66. The summed E-state index contributed by atoms with van der Waals surface area (Å²) in [4.78, 5) is 2.46. The van der Waals surface area contributed by atoms with E-state index in [2.05, 4.69) is 14.8 Å². The molecule has 0 saturated carbocycles. The Morgan fingerprint density at radius 3 is 2.76 bits per heavy atom. The van der Waals surface area contributed by atoms with E-state index in [0.29, 0.717) is 24.1 Å². The Kier molecular flexibility index (Phi) is 3.81. The summed E-state index contributed by atoms with van der Waals surface area (Å²) in [5.74, 6) is 0.327. The normalized spacial score (nSPS) is 30.5. The molecule has 2 aliphatic rings. The van der Waals surface area contributed by atoms with Crippen LogP contribution in [-0.4, -0.2) is 56.4 Å². The molecule has 0 radical (unpaired) electrons. The number of fused-ring (bicyclic) bond motifs is 1. The fourth-order valence-electron chi connectivity index (χ4n) is 3.26. The van der Waals surface area contributed by atoms with Crippen molar-refractivity contribution in [2.45, 2.75) is 50.3 Å². The van der Waals surface area contributed by atoms with Gasteiger partial charge in [0.15, 0.2) is 5.76 Å². The highest BCUT2D eigenvalue weighted by Crippen LogP contribution is 2.25. The zero-order valence-corrected chi connectivity index (χ0v) is 13.3. The maximum absolute atomic E-state index is 12.5. The fraction of sp³-hybridized carbons (Fsp3) is 0.769. The Labute approximate surface area is 124 Å². The molecule has 0 spiro atoms. The summed E-state index contributed by atoms with van der Waals surface area (Å²) >= 11 is 0. The van der Waals surface area contributed by atoms with Gasteiger partial charge in [0.2, 0.25) is 10.0 Å². The number of nitrogens with zero attached hydrogens (tertiary/aromatic N) is 2. The van der Waals surface area contributed by atoms with Crippen LogP contribution < -0.4 is 4.72 Å². The summed E-state index contributed by atoms with van der Waals surface area (Å²) < 4.78 is 38.4. The predicted octanol–water partition coefficient (Wildman–Crippen LogP) is 0.431. The van der Waals surface area contributed by atoms with E-state index in [-0.39, 0.29) is 17.0 Å². The summed E-state index contributed by atoms with van der Waals surface area (Å²) in [6.45, 7) is 7.54. The summed E-state index contributed by atoms with van der Waals surface area (Å²) in [5, 5.41) is 3.71. The molecule has 0 aliphatic carbocycles. The summed E-state index contributed by atoms with van der Waals surface area (Å²) in [7, 11) is -3.59. The van der Waals surface area contributed by atoms with Gasteiger partial charge in [0, 0.05) is 25.2 Å². The molecule has 1 N–H and O–H groups in total. The molecule has 0 bridgehead atoms. The molecule has 7 nitrogen and oxygen atoms in total. The molecule has 118 valence electrons. The van der Waals surface area contributed by atoms with Crippen molar-refractivity contribution >= 4 is 10.0 Å². The third-order valence-corrected chi connectivity index (χ3v) is 5.92. The maximum Gasteiger partial charge on any atom is 0.246 e. The number of rotatable bonds is 3. The van der Waals surface area contributed by atoms with E-state index in [1.807, 2.05) is 6.92 Å². The monoisotopic (exact) mass is 315 g/mol. The van der Waals surface area contributed by atoms with E-state index in [4.69, 9.17) is 9.26 Å². The lowest BCUT2D eigenvalue weighted by Gasteiger charge is -2.33. The average Bonchev–Trinajstić information content (AvgIpc) is 2.91. The highest BCUT2D eigenvalue weighted by Gasteiger charge is 2.38. The van der Waals surface area contributed by atoms with Gasteiger partial charge in [-0.3, -0.25) is 4.90 Å². The molecule has 8 heteroatoms. The average molecular weight is 315 g/mol. The Balaban J connectivity index is 1.73. The number of sulfonamides is 1. The van der Waals surface area contributed by atoms with Crippen molar-refractivity contribution in [3.63, 3.8) is 0 Å². The van der Waals surface area contributed by atoms with Gasteiger partial charge in [-0.05, 0) is 27.2 Å². The second-order valence-corrected chi connectivity index (χ2v) is 7.61. The molecule has 0 amide bonds. The first-order chi connectivity index (χ1) is 9.87. The van der Waals surface area contributed by atoms with E-state index >= 15 is 0 Å². The number of aromatic nitrogens is 1. The van der Waals surface area contributed by atoms with Crippen LogP contribution in [0.2, 0.25) is 0 Å². The molecular weight excluding hydrogens is 294 g/mol. The van der Waals surface area contributed by atoms with Crippen molar-refractivity contribution in [1.29, 1.82) is 0 Å². The van der Waals surface area contributed by atoms with Gasteiger partial charge in [-0.2, -0.15) is 0 Å². The van der Waals surface area contributed by atoms with E-state index in [0.717, 1.165) is 19.5 Å². The molecule has 2 fully saturated rings. The van der Waals surface area contributed by atoms with Crippen LogP contribution in [0.5, 0.6) is 0 Å². The summed E-state index contributed by atoms with van der Waals surface area (Å²) in [6, 6.07) is 0.209. The Morgan fingerprint density at radius 2 is 2.10 bits per heavy atom. The van der Waals surface area contributed by atoms with Crippen molar-refractivity contribution in [3.8, 4) is 0 Å². The Bertz CT molecular complexity index is 608. The molecule has 3 atom stereocenters. The highest BCUT2D eigenvalue weighted by atomic mass is 32.2. The quantitative estimate of drug-likeness (QED) is 0.871. The van der Waals surface area contributed by atoms with Gasteiger partial charge in [-0.1, -0.05) is 5.16 Å².